The highest BCUT2D eigenvalue weighted by Gasteiger charge is 2.19. The molecular weight excluding hydrogens is 271 g/mol. The van der Waals surface area contributed by atoms with E-state index in [4.69, 9.17) is 0 Å². The minimum atomic E-state index is -0.184. The van der Waals surface area contributed by atoms with Gasteiger partial charge < -0.3 is 0 Å². The van der Waals surface area contributed by atoms with Crippen LogP contribution in [-0.2, 0) is 12.8 Å². The lowest BCUT2D eigenvalue weighted by Crippen LogP contribution is -2.13. The van der Waals surface area contributed by atoms with Crippen molar-refractivity contribution in [2.75, 3.05) is 6.67 Å². The summed E-state index contributed by atoms with van der Waals surface area (Å²) < 4.78 is 12.0. The molecule has 1 saturated carbocycles. The molecule has 1 aromatic carbocycles. The number of allylic oxidation sites excluding steroid dienone is 2. The number of aryl methyl sites for hydroxylation is 2. The van der Waals surface area contributed by atoms with Gasteiger partial charge in [-0.2, -0.15) is 0 Å². The predicted octanol–water partition coefficient (Wildman–Crippen LogP) is 6.29. The fourth-order valence-corrected chi connectivity index (χ4v) is 3.47. The Kier molecular flexibility index (Phi) is 7.70. The molecule has 0 aliphatic heterocycles. The molecule has 0 unspecified atom stereocenters. The van der Waals surface area contributed by atoms with Gasteiger partial charge in [0.15, 0.2) is 0 Å². The third-order valence-electron chi connectivity index (χ3n) is 5.08. The van der Waals surface area contributed by atoms with Crippen LogP contribution in [0.25, 0.3) is 0 Å². The van der Waals surface area contributed by atoms with E-state index >= 15 is 0 Å². The van der Waals surface area contributed by atoms with Crippen molar-refractivity contribution in [3.63, 3.8) is 0 Å². The van der Waals surface area contributed by atoms with Crippen LogP contribution in [0.15, 0.2) is 36.4 Å². The molecule has 0 heterocycles. The second kappa shape index (κ2) is 9.82. The normalized spacial score (nSPS) is 22.3. The lowest BCUT2D eigenvalue weighted by atomic mass is 9.79. The molecule has 0 amide bonds. The topological polar surface area (TPSA) is 0 Å². The lowest BCUT2D eigenvalue weighted by Gasteiger charge is -2.26. The Morgan fingerprint density at radius 1 is 1.05 bits per heavy atom. The number of unbranched alkanes of at least 4 members (excludes halogenated alkanes) is 1. The van der Waals surface area contributed by atoms with Crippen molar-refractivity contribution in [2.24, 2.45) is 11.8 Å². The zero-order valence-electron chi connectivity index (χ0n) is 14.1. The summed E-state index contributed by atoms with van der Waals surface area (Å²) in [5, 5.41) is 0. The Morgan fingerprint density at radius 2 is 1.73 bits per heavy atom. The van der Waals surface area contributed by atoms with Crippen LogP contribution in [0.5, 0.6) is 0 Å². The van der Waals surface area contributed by atoms with E-state index < -0.39 is 0 Å². The van der Waals surface area contributed by atoms with Crippen LogP contribution in [0, 0.1) is 11.8 Å². The smallest absolute Gasteiger partial charge is 0.0897 e. The largest absolute Gasteiger partial charge is 0.251 e. The van der Waals surface area contributed by atoms with Gasteiger partial charge in [0.2, 0.25) is 0 Å². The van der Waals surface area contributed by atoms with Gasteiger partial charge in [0.05, 0.1) is 6.67 Å². The molecule has 122 valence electrons. The Balaban J connectivity index is 1.65. The van der Waals surface area contributed by atoms with E-state index in [1.807, 2.05) is 0 Å². The molecule has 1 heteroatoms. The molecule has 1 aliphatic rings. The van der Waals surface area contributed by atoms with E-state index in [-0.39, 0.29) is 6.67 Å². The van der Waals surface area contributed by atoms with Crippen LogP contribution < -0.4 is 0 Å². The van der Waals surface area contributed by atoms with Crippen LogP contribution in [0.3, 0.4) is 0 Å². The molecular formula is C21H31F. The Bertz CT molecular complexity index is 424. The molecule has 0 aromatic heterocycles. The summed E-state index contributed by atoms with van der Waals surface area (Å²) >= 11 is 0. The van der Waals surface area contributed by atoms with Gasteiger partial charge in [0, 0.05) is 0 Å². The quantitative estimate of drug-likeness (QED) is 0.391. The van der Waals surface area contributed by atoms with Crippen molar-refractivity contribution in [1.29, 1.82) is 0 Å². The van der Waals surface area contributed by atoms with Gasteiger partial charge in [-0.1, -0.05) is 43.3 Å². The van der Waals surface area contributed by atoms with Gasteiger partial charge >= 0.3 is 0 Å². The van der Waals surface area contributed by atoms with Gasteiger partial charge in [-0.15, -0.1) is 0 Å². The highest BCUT2D eigenvalue weighted by Crippen LogP contribution is 2.32. The molecule has 0 radical (unpaired) electrons. The van der Waals surface area contributed by atoms with Crippen LogP contribution >= 0.6 is 0 Å². The first-order chi connectivity index (χ1) is 10.8. The second-order valence-electron chi connectivity index (χ2n) is 6.75. The third-order valence-corrected chi connectivity index (χ3v) is 5.08. The third kappa shape index (κ3) is 5.94. The van der Waals surface area contributed by atoms with E-state index in [0.29, 0.717) is 6.42 Å². The molecule has 0 nitrogen and oxygen atoms in total. The molecule has 0 saturated heterocycles. The first-order valence-corrected chi connectivity index (χ1v) is 9.12. The molecule has 1 aliphatic carbocycles. The number of rotatable bonds is 8. The fraction of sp³-hybridized carbons (Fsp3) is 0.619. The SMILES string of the molecule is CCc1ccc(CC[C@H]2CC[C@H](C=CCCCF)CC2)cc1. The summed E-state index contributed by atoms with van der Waals surface area (Å²) in [5.74, 6) is 1.65. The van der Waals surface area contributed by atoms with Crippen molar-refractivity contribution < 1.29 is 4.39 Å². The van der Waals surface area contributed by atoms with Crippen molar-refractivity contribution in [3.05, 3.63) is 47.5 Å². The van der Waals surface area contributed by atoms with Crippen molar-refractivity contribution in [2.45, 2.75) is 64.7 Å². The summed E-state index contributed by atoms with van der Waals surface area (Å²) in [6.07, 6.45) is 15.2. The molecule has 22 heavy (non-hydrogen) atoms. The average molecular weight is 302 g/mol. The van der Waals surface area contributed by atoms with E-state index in [1.165, 1.54) is 49.7 Å². The van der Waals surface area contributed by atoms with E-state index in [9.17, 15) is 4.39 Å². The van der Waals surface area contributed by atoms with Crippen molar-refractivity contribution >= 4 is 0 Å². The minimum absolute atomic E-state index is 0.184. The summed E-state index contributed by atoms with van der Waals surface area (Å²) in [4.78, 5) is 0. The predicted molar refractivity (Wildman–Crippen MR) is 93.9 cm³/mol. The molecule has 0 N–H and O–H groups in total. The number of alkyl halides is 1. The van der Waals surface area contributed by atoms with Crippen LogP contribution in [0.4, 0.5) is 4.39 Å². The number of benzene rings is 1. The van der Waals surface area contributed by atoms with Crippen molar-refractivity contribution in [3.8, 4) is 0 Å². The van der Waals surface area contributed by atoms with Gasteiger partial charge in [-0.25, -0.2) is 0 Å². The number of hydrogen-bond donors (Lipinski definition) is 0. The summed E-state index contributed by atoms with van der Waals surface area (Å²) in [5.41, 5.74) is 2.93. The summed E-state index contributed by atoms with van der Waals surface area (Å²) in [6.45, 7) is 2.02. The van der Waals surface area contributed by atoms with Crippen LogP contribution in [0.1, 0.15) is 63.0 Å². The first kappa shape index (κ1) is 17.2. The molecule has 0 spiro atoms. The molecule has 0 bridgehead atoms. The maximum absolute atomic E-state index is 12.0. The molecule has 0 atom stereocenters. The van der Waals surface area contributed by atoms with E-state index in [2.05, 4.69) is 43.3 Å². The molecule has 1 fully saturated rings. The number of hydrogen-bond acceptors (Lipinski definition) is 0. The monoisotopic (exact) mass is 302 g/mol. The Morgan fingerprint density at radius 3 is 2.36 bits per heavy atom. The number of halogens is 1. The van der Waals surface area contributed by atoms with Gasteiger partial charge in [-0.3, -0.25) is 4.39 Å². The second-order valence-corrected chi connectivity index (χ2v) is 6.75. The maximum Gasteiger partial charge on any atom is 0.0897 e. The van der Waals surface area contributed by atoms with E-state index in [1.54, 1.807) is 0 Å². The zero-order chi connectivity index (χ0) is 15.6. The molecule has 1 aromatic rings. The lowest BCUT2D eigenvalue weighted by molar-refractivity contribution is 0.296. The zero-order valence-corrected chi connectivity index (χ0v) is 14.1. The standard InChI is InChI=1S/C21H31F/c1-2-18-7-9-20(10-8-18)15-16-21-13-11-19(12-14-21)6-4-3-5-17-22/h4,6-10,19,21H,2-3,5,11-17H2,1H3/t19-,21-. The van der Waals surface area contributed by atoms with Gasteiger partial charge in [-0.05, 0) is 80.8 Å². The summed E-state index contributed by atoms with van der Waals surface area (Å²) in [6, 6.07) is 9.15. The highest BCUT2D eigenvalue weighted by atomic mass is 19.1. The van der Waals surface area contributed by atoms with Gasteiger partial charge in [0.25, 0.3) is 0 Å². The summed E-state index contributed by atoms with van der Waals surface area (Å²) in [7, 11) is 0. The Labute approximate surface area is 135 Å². The van der Waals surface area contributed by atoms with E-state index in [0.717, 1.165) is 24.7 Å². The maximum atomic E-state index is 12.0. The first-order valence-electron chi connectivity index (χ1n) is 9.12. The Hall–Kier alpha value is -1.11. The van der Waals surface area contributed by atoms with Crippen LogP contribution in [0.2, 0.25) is 0 Å². The average Bonchev–Trinajstić information content (AvgIpc) is 2.58. The minimum Gasteiger partial charge on any atom is -0.251 e. The highest BCUT2D eigenvalue weighted by molar-refractivity contribution is 5.22. The fourth-order valence-electron chi connectivity index (χ4n) is 3.47. The van der Waals surface area contributed by atoms with Crippen molar-refractivity contribution in [1.82, 2.24) is 0 Å². The van der Waals surface area contributed by atoms with Gasteiger partial charge in [0.1, 0.15) is 0 Å². The molecule has 2 rings (SSSR count). The van der Waals surface area contributed by atoms with Crippen LogP contribution in [-0.4, -0.2) is 6.67 Å².